The van der Waals surface area contributed by atoms with Crippen molar-refractivity contribution in [3.05, 3.63) is 83.8 Å². The monoisotopic (exact) mass is 454 g/mol. The van der Waals surface area contributed by atoms with Gasteiger partial charge in [-0.15, -0.1) is 10.2 Å². The van der Waals surface area contributed by atoms with Crippen molar-refractivity contribution in [3.8, 4) is 34.2 Å². The summed E-state index contributed by atoms with van der Waals surface area (Å²) in [5.74, 6) is 2.96. The van der Waals surface area contributed by atoms with Gasteiger partial charge in [0, 0.05) is 11.6 Å². The Labute approximate surface area is 195 Å². The predicted molar refractivity (Wildman–Crippen MR) is 123 cm³/mol. The summed E-state index contributed by atoms with van der Waals surface area (Å²) in [6.07, 6.45) is 1.81. The molecule has 0 atom stereocenters. The maximum absolute atomic E-state index is 5.99. The lowest BCUT2D eigenvalue weighted by Gasteiger charge is -2.10. The molecular formula is C25H22N6O3. The number of benzene rings is 2. The number of nitrogens with zero attached hydrogens (tertiary/aromatic N) is 6. The minimum atomic E-state index is 0.327. The quantitative estimate of drug-likeness (QED) is 0.373. The van der Waals surface area contributed by atoms with Gasteiger partial charge in [-0.3, -0.25) is 4.57 Å². The molecule has 0 bridgehead atoms. The van der Waals surface area contributed by atoms with Crippen LogP contribution in [0, 0.1) is 6.92 Å². The first kappa shape index (κ1) is 20.4. The second-order valence-electron chi connectivity index (χ2n) is 8.12. The normalized spacial score (nSPS) is 12.1. The van der Waals surface area contributed by atoms with E-state index in [1.807, 2.05) is 67.8 Å². The first-order valence-corrected chi connectivity index (χ1v) is 10.9. The molecule has 0 spiro atoms. The van der Waals surface area contributed by atoms with Crippen LogP contribution in [0.25, 0.3) is 28.5 Å². The topological polar surface area (TPSA) is 93.0 Å². The summed E-state index contributed by atoms with van der Waals surface area (Å²) in [4.78, 5) is 4.68. The number of fused-ring (bicyclic) bond motifs is 5. The van der Waals surface area contributed by atoms with Crippen LogP contribution in [-0.4, -0.2) is 36.6 Å². The Bertz CT molecular complexity index is 1470. The Morgan fingerprint density at radius 3 is 2.71 bits per heavy atom. The molecule has 0 fully saturated rings. The Morgan fingerprint density at radius 1 is 1.03 bits per heavy atom. The van der Waals surface area contributed by atoms with E-state index < -0.39 is 0 Å². The zero-order valence-corrected chi connectivity index (χ0v) is 18.8. The highest BCUT2D eigenvalue weighted by molar-refractivity contribution is 5.73. The lowest BCUT2D eigenvalue weighted by atomic mass is 10.1. The van der Waals surface area contributed by atoms with Crippen molar-refractivity contribution in [2.45, 2.75) is 26.7 Å². The van der Waals surface area contributed by atoms with Crippen molar-refractivity contribution < 1.29 is 14.0 Å². The highest BCUT2D eigenvalue weighted by atomic mass is 16.5. The number of imidazole rings is 1. The molecule has 0 N–H and O–H groups in total. The van der Waals surface area contributed by atoms with Crippen molar-refractivity contribution in [2.75, 3.05) is 7.11 Å². The van der Waals surface area contributed by atoms with Crippen LogP contribution in [0.4, 0.5) is 0 Å². The van der Waals surface area contributed by atoms with Crippen LogP contribution in [0.2, 0.25) is 0 Å². The van der Waals surface area contributed by atoms with Gasteiger partial charge in [-0.25, -0.2) is 4.98 Å². The number of ether oxygens (including phenoxy) is 2. The van der Waals surface area contributed by atoms with Crippen LogP contribution in [0.1, 0.15) is 22.8 Å². The summed E-state index contributed by atoms with van der Waals surface area (Å²) in [6, 6.07) is 17.9. The van der Waals surface area contributed by atoms with Crippen molar-refractivity contribution in [3.63, 3.8) is 0 Å². The molecule has 0 aliphatic carbocycles. The van der Waals surface area contributed by atoms with E-state index in [9.17, 15) is 0 Å². The highest BCUT2D eigenvalue weighted by Gasteiger charge is 2.27. The first-order valence-electron chi connectivity index (χ1n) is 10.9. The number of aromatic nitrogens is 6. The van der Waals surface area contributed by atoms with Crippen LogP contribution >= 0.6 is 0 Å². The van der Waals surface area contributed by atoms with E-state index in [1.165, 1.54) is 0 Å². The van der Waals surface area contributed by atoms with Gasteiger partial charge in [0.15, 0.2) is 11.6 Å². The molecule has 9 nitrogen and oxygen atoms in total. The zero-order valence-electron chi connectivity index (χ0n) is 18.8. The van der Waals surface area contributed by atoms with Crippen LogP contribution in [-0.2, 0) is 24.5 Å². The maximum Gasteiger partial charge on any atom is 0.166 e. The average molecular weight is 454 g/mol. The van der Waals surface area contributed by atoms with E-state index in [-0.39, 0.29) is 0 Å². The van der Waals surface area contributed by atoms with Crippen LogP contribution in [0.5, 0.6) is 5.75 Å². The van der Waals surface area contributed by atoms with Crippen LogP contribution < -0.4 is 4.74 Å². The summed E-state index contributed by atoms with van der Waals surface area (Å²) >= 11 is 0. The molecule has 0 saturated carbocycles. The zero-order chi connectivity index (χ0) is 23.1. The highest BCUT2D eigenvalue weighted by Crippen LogP contribution is 2.36. The van der Waals surface area contributed by atoms with E-state index >= 15 is 0 Å². The molecule has 6 rings (SSSR count). The van der Waals surface area contributed by atoms with Gasteiger partial charge in [-0.05, 0) is 30.7 Å². The van der Waals surface area contributed by atoms with Crippen molar-refractivity contribution >= 4 is 0 Å². The van der Waals surface area contributed by atoms with Crippen molar-refractivity contribution in [1.82, 2.24) is 29.5 Å². The third kappa shape index (κ3) is 3.46. The average Bonchev–Trinajstić information content (AvgIpc) is 3.57. The lowest BCUT2D eigenvalue weighted by Crippen LogP contribution is -2.09. The maximum atomic E-state index is 5.99. The Balaban J connectivity index is 1.43. The molecule has 4 heterocycles. The lowest BCUT2D eigenvalue weighted by molar-refractivity contribution is 0.0994. The molecule has 2 aromatic carbocycles. The Kier molecular flexibility index (Phi) is 4.96. The van der Waals surface area contributed by atoms with E-state index in [4.69, 9.17) is 14.0 Å². The SMILES string of the molecule is COc1ccc2c(c1)-c1nnc(COCc3ccccc3)n1Cc1c(-c3cc(C)on3)ncn1-2. The van der Waals surface area contributed by atoms with E-state index in [0.29, 0.717) is 25.5 Å². The first-order chi connectivity index (χ1) is 16.7. The van der Waals surface area contributed by atoms with E-state index in [2.05, 4.69) is 29.5 Å². The van der Waals surface area contributed by atoms with Crippen LogP contribution in [0.15, 0.2) is 65.4 Å². The fourth-order valence-electron chi connectivity index (χ4n) is 4.25. The van der Waals surface area contributed by atoms with Gasteiger partial charge in [0.2, 0.25) is 0 Å². The molecule has 34 heavy (non-hydrogen) atoms. The molecule has 1 aliphatic rings. The van der Waals surface area contributed by atoms with Gasteiger partial charge < -0.3 is 18.6 Å². The predicted octanol–water partition coefficient (Wildman–Crippen LogP) is 4.18. The molecule has 0 saturated heterocycles. The fourth-order valence-corrected chi connectivity index (χ4v) is 4.25. The molecular weight excluding hydrogens is 432 g/mol. The smallest absolute Gasteiger partial charge is 0.166 e. The number of aryl methyl sites for hydroxylation is 1. The molecule has 0 unspecified atom stereocenters. The minimum absolute atomic E-state index is 0.327. The summed E-state index contributed by atoms with van der Waals surface area (Å²) in [5.41, 5.74) is 5.37. The van der Waals surface area contributed by atoms with Crippen LogP contribution in [0.3, 0.4) is 0 Å². The molecule has 1 aliphatic heterocycles. The largest absolute Gasteiger partial charge is 0.497 e. The summed E-state index contributed by atoms with van der Waals surface area (Å²) in [7, 11) is 1.65. The minimum Gasteiger partial charge on any atom is -0.497 e. The number of rotatable bonds is 6. The Hall–Kier alpha value is -4.24. The third-order valence-corrected chi connectivity index (χ3v) is 5.92. The molecule has 9 heteroatoms. The molecule has 170 valence electrons. The van der Waals surface area contributed by atoms with E-state index in [1.54, 1.807) is 7.11 Å². The molecule has 5 aromatic rings. The number of methoxy groups -OCH3 is 1. The Morgan fingerprint density at radius 2 is 1.91 bits per heavy atom. The van der Waals surface area contributed by atoms with Gasteiger partial charge in [-0.2, -0.15) is 0 Å². The van der Waals surface area contributed by atoms with Gasteiger partial charge in [0.1, 0.15) is 35.8 Å². The summed E-state index contributed by atoms with van der Waals surface area (Å²) in [5, 5.41) is 13.2. The standard InChI is InChI=1S/C25H22N6O3/c1-16-10-20(29-34-16)24-22-12-30-23(14-33-13-17-6-4-3-5-7-17)27-28-25(30)19-11-18(32-2)8-9-21(19)31(22)15-26-24/h3-11,15H,12-14H2,1-2H3. The molecule has 3 aromatic heterocycles. The second-order valence-corrected chi connectivity index (χ2v) is 8.12. The molecule has 0 radical (unpaired) electrons. The fraction of sp³-hybridized carbons (Fsp3) is 0.200. The number of hydrogen-bond donors (Lipinski definition) is 0. The van der Waals surface area contributed by atoms with Gasteiger partial charge in [0.05, 0.1) is 31.6 Å². The third-order valence-electron chi connectivity index (χ3n) is 5.92. The van der Waals surface area contributed by atoms with Crippen molar-refractivity contribution in [1.29, 1.82) is 0 Å². The van der Waals surface area contributed by atoms with Crippen molar-refractivity contribution in [2.24, 2.45) is 0 Å². The van der Waals surface area contributed by atoms with Gasteiger partial charge >= 0.3 is 0 Å². The van der Waals surface area contributed by atoms with E-state index in [0.717, 1.165) is 51.4 Å². The van der Waals surface area contributed by atoms with Gasteiger partial charge in [-0.1, -0.05) is 35.5 Å². The molecule has 0 amide bonds. The van der Waals surface area contributed by atoms with Gasteiger partial charge in [0.25, 0.3) is 0 Å². The summed E-state index contributed by atoms with van der Waals surface area (Å²) < 4.78 is 20.9. The second kappa shape index (κ2) is 8.27. The summed E-state index contributed by atoms with van der Waals surface area (Å²) in [6.45, 7) is 3.19. The number of hydrogen-bond acceptors (Lipinski definition) is 7.